The number of nitrogens with two attached hydrogens (primary N) is 1. The molecule has 0 saturated carbocycles. The van der Waals surface area contributed by atoms with E-state index in [0.29, 0.717) is 12.2 Å². The molecule has 3 nitrogen and oxygen atoms in total. The third-order valence-electron chi connectivity index (χ3n) is 2.22. The van der Waals surface area contributed by atoms with Crippen LogP contribution >= 0.6 is 0 Å². The van der Waals surface area contributed by atoms with Crippen LogP contribution in [0.2, 0.25) is 0 Å². The summed E-state index contributed by atoms with van der Waals surface area (Å²) in [7, 11) is 0. The van der Waals surface area contributed by atoms with Crippen molar-refractivity contribution in [1.29, 1.82) is 0 Å². The van der Waals surface area contributed by atoms with Gasteiger partial charge in [-0.05, 0) is 18.6 Å². The highest BCUT2D eigenvalue weighted by atomic mass is 16.3. The number of hydrogen-bond donors (Lipinski definition) is 1. The Morgan fingerprint density at radius 2 is 2.38 bits per heavy atom. The average Bonchev–Trinajstić information content (AvgIpc) is 2.72. The predicted molar refractivity (Wildman–Crippen MR) is 48.3 cm³/mol. The van der Waals surface area contributed by atoms with Crippen LogP contribution in [-0.2, 0) is 0 Å². The Balaban J connectivity index is 2.11. The summed E-state index contributed by atoms with van der Waals surface area (Å²) in [4.78, 5) is 11.7. The van der Waals surface area contributed by atoms with Gasteiger partial charge in [0.15, 0.2) is 5.76 Å². The smallest absolute Gasteiger partial charge is 0.204 e. The molecule has 1 aromatic heterocycles. The van der Waals surface area contributed by atoms with Crippen LogP contribution in [0.3, 0.4) is 0 Å². The van der Waals surface area contributed by atoms with E-state index in [2.05, 4.69) is 0 Å². The van der Waals surface area contributed by atoms with E-state index in [-0.39, 0.29) is 17.7 Å². The molecule has 1 aliphatic carbocycles. The third kappa shape index (κ3) is 1.55. The summed E-state index contributed by atoms with van der Waals surface area (Å²) in [6.45, 7) is 0. The Hall–Kier alpha value is -1.35. The Kier molecular flexibility index (Phi) is 2.02. The number of ketones is 1. The van der Waals surface area contributed by atoms with Crippen molar-refractivity contribution in [3.63, 3.8) is 0 Å². The minimum Gasteiger partial charge on any atom is -0.461 e. The molecule has 13 heavy (non-hydrogen) atoms. The molecule has 68 valence electrons. The molecule has 0 fully saturated rings. The summed E-state index contributed by atoms with van der Waals surface area (Å²) in [6, 6.07) is 3.41. The van der Waals surface area contributed by atoms with Crippen LogP contribution in [-0.4, -0.2) is 11.8 Å². The van der Waals surface area contributed by atoms with Crippen LogP contribution in [0.4, 0.5) is 0 Å². The monoisotopic (exact) mass is 177 g/mol. The van der Waals surface area contributed by atoms with Gasteiger partial charge in [0.05, 0.1) is 6.26 Å². The van der Waals surface area contributed by atoms with Gasteiger partial charge < -0.3 is 10.2 Å². The highest BCUT2D eigenvalue weighted by Crippen LogP contribution is 2.21. The van der Waals surface area contributed by atoms with E-state index in [4.69, 9.17) is 10.2 Å². The first-order valence-electron chi connectivity index (χ1n) is 4.29. The number of Topliss-reactive ketones (excluding diaryl/α,β-unsaturated/α-hetero) is 1. The molecular weight excluding hydrogens is 166 g/mol. The molecule has 0 amide bonds. The number of allylic oxidation sites excluding steroid dienone is 1. The zero-order valence-electron chi connectivity index (χ0n) is 7.14. The van der Waals surface area contributed by atoms with Crippen LogP contribution in [0.15, 0.2) is 35.0 Å². The molecule has 0 saturated heterocycles. The lowest BCUT2D eigenvalue weighted by Gasteiger charge is -2.04. The fraction of sp³-hybridized carbons (Fsp3) is 0.300. The van der Waals surface area contributed by atoms with Crippen LogP contribution in [0.5, 0.6) is 0 Å². The van der Waals surface area contributed by atoms with E-state index >= 15 is 0 Å². The van der Waals surface area contributed by atoms with Crippen molar-refractivity contribution in [2.45, 2.75) is 12.5 Å². The highest BCUT2D eigenvalue weighted by molar-refractivity contribution is 5.96. The van der Waals surface area contributed by atoms with Crippen LogP contribution in [0, 0.1) is 5.92 Å². The standard InChI is InChI=1S/C10H11NO2/c11-8-4-3-7(6-8)10(12)9-2-1-5-13-9/h1-5,7-8H,6,11H2. The molecule has 1 heterocycles. The van der Waals surface area contributed by atoms with Gasteiger partial charge in [-0.25, -0.2) is 0 Å². The Morgan fingerprint density at radius 3 is 2.92 bits per heavy atom. The molecule has 1 aromatic rings. The lowest BCUT2D eigenvalue weighted by molar-refractivity contribution is 0.0915. The minimum atomic E-state index is -0.0962. The number of rotatable bonds is 2. The summed E-state index contributed by atoms with van der Waals surface area (Å²) in [5.41, 5.74) is 5.65. The van der Waals surface area contributed by atoms with E-state index in [1.807, 2.05) is 12.2 Å². The zero-order chi connectivity index (χ0) is 9.26. The summed E-state index contributed by atoms with van der Waals surface area (Å²) < 4.78 is 5.02. The fourth-order valence-corrected chi connectivity index (χ4v) is 1.52. The van der Waals surface area contributed by atoms with Crippen LogP contribution < -0.4 is 5.73 Å². The van der Waals surface area contributed by atoms with Crippen molar-refractivity contribution >= 4 is 5.78 Å². The Morgan fingerprint density at radius 1 is 1.54 bits per heavy atom. The van der Waals surface area contributed by atoms with Crippen LogP contribution in [0.25, 0.3) is 0 Å². The molecule has 2 rings (SSSR count). The summed E-state index contributed by atoms with van der Waals surface area (Å²) in [6.07, 6.45) is 5.92. The molecular formula is C10H11NO2. The lowest BCUT2D eigenvalue weighted by Crippen LogP contribution is -2.18. The fourth-order valence-electron chi connectivity index (χ4n) is 1.52. The van der Waals surface area contributed by atoms with Crippen LogP contribution in [0.1, 0.15) is 17.0 Å². The molecule has 0 aromatic carbocycles. The van der Waals surface area contributed by atoms with Gasteiger partial charge in [0, 0.05) is 12.0 Å². The number of furan rings is 1. The zero-order valence-corrected chi connectivity index (χ0v) is 7.14. The van der Waals surface area contributed by atoms with Gasteiger partial charge in [0.2, 0.25) is 5.78 Å². The highest BCUT2D eigenvalue weighted by Gasteiger charge is 2.25. The molecule has 2 unspecified atom stereocenters. The van der Waals surface area contributed by atoms with E-state index in [0.717, 1.165) is 0 Å². The molecule has 0 bridgehead atoms. The van der Waals surface area contributed by atoms with Gasteiger partial charge in [-0.1, -0.05) is 12.2 Å². The van der Waals surface area contributed by atoms with E-state index < -0.39 is 0 Å². The summed E-state index contributed by atoms with van der Waals surface area (Å²) in [5.74, 6) is 0.346. The maximum Gasteiger partial charge on any atom is 0.204 e. The number of carbonyl (C=O) groups excluding carboxylic acids is 1. The van der Waals surface area contributed by atoms with Crippen molar-refractivity contribution in [2.75, 3.05) is 0 Å². The first kappa shape index (κ1) is 8.26. The largest absolute Gasteiger partial charge is 0.461 e. The van der Waals surface area contributed by atoms with E-state index in [9.17, 15) is 4.79 Å². The topological polar surface area (TPSA) is 56.2 Å². The predicted octanol–water partition coefficient (Wildman–Crippen LogP) is 1.37. The van der Waals surface area contributed by atoms with Gasteiger partial charge in [0.25, 0.3) is 0 Å². The normalized spacial score (nSPS) is 26.5. The van der Waals surface area contributed by atoms with Gasteiger partial charge in [-0.15, -0.1) is 0 Å². The number of hydrogen-bond acceptors (Lipinski definition) is 3. The second-order valence-corrected chi connectivity index (χ2v) is 3.23. The van der Waals surface area contributed by atoms with E-state index in [1.54, 1.807) is 12.1 Å². The molecule has 1 aliphatic rings. The summed E-state index contributed by atoms with van der Waals surface area (Å²) in [5, 5.41) is 0. The molecule has 0 radical (unpaired) electrons. The van der Waals surface area contributed by atoms with Gasteiger partial charge >= 0.3 is 0 Å². The SMILES string of the molecule is NC1C=CC(C(=O)c2ccco2)C1. The maximum atomic E-state index is 11.7. The van der Waals surface area contributed by atoms with Crippen molar-refractivity contribution in [3.8, 4) is 0 Å². The average molecular weight is 177 g/mol. The molecule has 2 atom stereocenters. The Bertz CT molecular complexity index is 327. The van der Waals surface area contributed by atoms with Gasteiger partial charge in [0.1, 0.15) is 0 Å². The molecule has 0 aliphatic heterocycles. The first-order chi connectivity index (χ1) is 6.27. The van der Waals surface area contributed by atoms with Crippen molar-refractivity contribution in [1.82, 2.24) is 0 Å². The van der Waals surface area contributed by atoms with Crippen molar-refractivity contribution in [2.24, 2.45) is 11.7 Å². The minimum absolute atomic E-state index is 0.0175. The number of carbonyl (C=O) groups is 1. The second kappa shape index (κ2) is 3.18. The van der Waals surface area contributed by atoms with Crippen molar-refractivity contribution < 1.29 is 9.21 Å². The molecule has 3 heteroatoms. The van der Waals surface area contributed by atoms with Gasteiger partial charge in [-0.3, -0.25) is 4.79 Å². The first-order valence-corrected chi connectivity index (χ1v) is 4.29. The van der Waals surface area contributed by atoms with Gasteiger partial charge in [-0.2, -0.15) is 0 Å². The third-order valence-corrected chi connectivity index (χ3v) is 2.22. The van der Waals surface area contributed by atoms with Crippen molar-refractivity contribution in [3.05, 3.63) is 36.3 Å². The quantitative estimate of drug-likeness (QED) is 0.548. The Labute approximate surface area is 76.2 Å². The molecule has 2 N–H and O–H groups in total. The van der Waals surface area contributed by atoms with E-state index in [1.165, 1.54) is 6.26 Å². The lowest BCUT2D eigenvalue weighted by atomic mass is 10.0. The second-order valence-electron chi connectivity index (χ2n) is 3.23. The maximum absolute atomic E-state index is 11.7. The summed E-state index contributed by atoms with van der Waals surface area (Å²) >= 11 is 0. The molecule has 0 spiro atoms.